The van der Waals surface area contributed by atoms with Crippen LogP contribution >= 0.6 is 0 Å². The van der Waals surface area contributed by atoms with Gasteiger partial charge in [-0.15, -0.1) is 0 Å². The minimum Gasteiger partial charge on any atom is -0.508 e. The normalized spacial score (nSPS) is 23.7. The van der Waals surface area contributed by atoms with Crippen molar-refractivity contribution in [2.24, 2.45) is 0 Å². The molecule has 0 aliphatic carbocycles. The van der Waals surface area contributed by atoms with E-state index in [0.29, 0.717) is 5.56 Å². The lowest BCUT2D eigenvalue weighted by atomic mass is 10.1. The van der Waals surface area contributed by atoms with Crippen LogP contribution in [0.2, 0.25) is 0 Å². The Morgan fingerprint density at radius 2 is 1.73 bits per heavy atom. The third-order valence-electron chi connectivity index (χ3n) is 4.78. The first-order valence-electron chi connectivity index (χ1n) is 8.91. The first-order chi connectivity index (χ1) is 14.3. The third kappa shape index (κ3) is 3.42. The molecule has 30 heavy (non-hydrogen) atoms. The van der Waals surface area contributed by atoms with Crippen LogP contribution in [0.25, 0.3) is 22.3 Å². The highest BCUT2D eigenvalue weighted by atomic mass is 16.7. The van der Waals surface area contributed by atoms with Gasteiger partial charge in [-0.3, -0.25) is 4.79 Å². The summed E-state index contributed by atoms with van der Waals surface area (Å²) in [4.78, 5) is 12.4. The number of hydrogen-bond donors (Lipinski definition) is 6. The van der Waals surface area contributed by atoms with Gasteiger partial charge in [0, 0.05) is 23.8 Å². The van der Waals surface area contributed by atoms with Crippen molar-refractivity contribution in [2.75, 3.05) is 6.61 Å². The van der Waals surface area contributed by atoms with E-state index in [1.165, 1.54) is 24.3 Å². The first-order valence-corrected chi connectivity index (χ1v) is 8.91. The van der Waals surface area contributed by atoms with Crippen LogP contribution in [0.3, 0.4) is 0 Å². The Morgan fingerprint density at radius 1 is 0.967 bits per heavy atom. The zero-order valence-corrected chi connectivity index (χ0v) is 15.3. The van der Waals surface area contributed by atoms with E-state index in [-0.39, 0.29) is 34.0 Å². The fraction of sp³-hybridized carbons (Fsp3) is 0.250. The van der Waals surface area contributed by atoms with Crippen LogP contribution in [0.4, 0.5) is 0 Å². The molecule has 0 spiro atoms. The molecule has 2 heterocycles. The second-order valence-corrected chi connectivity index (χ2v) is 6.82. The number of aromatic hydroxyl groups is 3. The second-order valence-electron chi connectivity index (χ2n) is 6.82. The summed E-state index contributed by atoms with van der Waals surface area (Å²) < 4.78 is 16.3. The van der Waals surface area contributed by atoms with E-state index in [4.69, 9.17) is 19.0 Å². The van der Waals surface area contributed by atoms with Crippen molar-refractivity contribution in [3.8, 4) is 34.3 Å². The van der Waals surface area contributed by atoms with Crippen LogP contribution < -0.4 is 10.2 Å². The maximum Gasteiger partial charge on any atom is 0.229 e. The van der Waals surface area contributed by atoms with Gasteiger partial charge in [-0.1, -0.05) is 0 Å². The van der Waals surface area contributed by atoms with Gasteiger partial charge in [0.2, 0.25) is 6.29 Å². The number of fused-ring (bicyclic) bond motifs is 1. The van der Waals surface area contributed by atoms with Crippen LogP contribution in [0.1, 0.15) is 0 Å². The fourth-order valence-corrected chi connectivity index (χ4v) is 3.25. The molecule has 0 saturated carbocycles. The molecule has 2 aromatic carbocycles. The number of ether oxygens (including phenoxy) is 2. The van der Waals surface area contributed by atoms with E-state index >= 15 is 0 Å². The molecular weight excluding hydrogens is 400 g/mol. The van der Waals surface area contributed by atoms with Crippen LogP contribution in [0, 0.1) is 0 Å². The molecule has 1 aliphatic heterocycles. The summed E-state index contributed by atoms with van der Waals surface area (Å²) in [6, 6.07) is 7.34. The van der Waals surface area contributed by atoms with Crippen molar-refractivity contribution < 1.29 is 44.5 Å². The van der Waals surface area contributed by atoms with Gasteiger partial charge in [0.1, 0.15) is 46.5 Å². The smallest absolute Gasteiger partial charge is 0.229 e. The summed E-state index contributed by atoms with van der Waals surface area (Å²) in [6.45, 7) is -0.536. The van der Waals surface area contributed by atoms with Gasteiger partial charge in [-0.05, 0) is 18.2 Å². The molecule has 10 heteroatoms. The Hall–Kier alpha value is -3.31. The van der Waals surface area contributed by atoms with Gasteiger partial charge < -0.3 is 44.5 Å². The predicted octanol–water partition coefficient (Wildman–Crippen LogP) is 0.395. The lowest BCUT2D eigenvalue weighted by Crippen LogP contribution is -2.35. The highest BCUT2D eigenvalue weighted by molar-refractivity contribution is 5.86. The zero-order valence-electron chi connectivity index (χ0n) is 15.3. The summed E-state index contributed by atoms with van der Waals surface area (Å²) in [5, 5.41) is 58.5. The molecule has 0 amide bonds. The molecule has 1 aromatic heterocycles. The van der Waals surface area contributed by atoms with E-state index in [1.807, 2.05) is 0 Å². The van der Waals surface area contributed by atoms with E-state index < -0.39 is 42.4 Å². The highest BCUT2D eigenvalue weighted by Crippen LogP contribution is 2.36. The van der Waals surface area contributed by atoms with Crippen LogP contribution in [-0.2, 0) is 4.74 Å². The van der Waals surface area contributed by atoms with Crippen molar-refractivity contribution in [1.29, 1.82) is 0 Å². The van der Waals surface area contributed by atoms with E-state index in [0.717, 1.165) is 12.1 Å². The Labute approximate surface area is 168 Å². The number of phenols is 3. The minimum atomic E-state index is -1.46. The van der Waals surface area contributed by atoms with Crippen LogP contribution in [-0.4, -0.2) is 61.8 Å². The van der Waals surface area contributed by atoms with E-state index in [1.54, 1.807) is 0 Å². The average Bonchev–Trinajstić information content (AvgIpc) is 2.96. The standard InChI is InChI=1S/C20H18O10/c21-7-16-18(26)19(27)20(30-16)29-14-3-8(1-2-10(14)23)13-6-12(25)17-11(24)4-9(22)5-15(17)28-13/h1-6,16,18-24,26-27H,7H2. The summed E-state index contributed by atoms with van der Waals surface area (Å²) in [7, 11) is 0. The predicted molar refractivity (Wildman–Crippen MR) is 101 cm³/mol. The van der Waals surface area contributed by atoms with Gasteiger partial charge in [0.25, 0.3) is 0 Å². The number of benzene rings is 2. The second kappa shape index (κ2) is 7.50. The summed E-state index contributed by atoms with van der Waals surface area (Å²) in [5.74, 6) is -1.11. The van der Waals surface area contributed by atoms with Crippen molar-refractivity contribution in [2.45, 2.75) is 24.6 Å². The molecule has 0 bridgehead atoms. The van der Waals surface area contributed by atoms with Gasteiger partial charge in [0.05, 0.1) is 6.61 Å². The van der Waals surface area contributed by atoms with Gasteiger partial charge in [-0.25, -0.2) is 0 Å². The van der Waals surface area contributed by atoms with E-state index in [9.17, 15) is 30.3 Å². The Bertz CT molecular complexity index is 1150. The topological polar surface area (TPSA) is 170 Å². The van der Waals surface area contributed by atoms with Gasteiger partial charge in [0.15, 0.2) is 16.9 Å². The van der Waals surface area contributed by atoms with Crippen molar-refractivity contribution in [3.05, 3.63) is 46.6 Å². The first kappa shape index (κ1) is 20.0. The van der Waals surface area contributed by atoms with Gasteiger partial charge >= 0.3 is 0 Å². The Balaban J connectivity index is 1.71. The molecule has 1 aliphatic rings. The van der Waals surface area contributed by atoms with Crippen LogP contribution in [0.5, 0.6) is 23.0 Å². The maximum atomic E-state index is 12.4. The molecule has 1 fully saturated rings. The number of aliphatic hydroxyl groups excluding tert-OH is 3. The molecule has 4 rings (SSSR count). The monoisotopic (exact) mass is 418 g/mol. The van der Waals surface area contributed by atoms with E-state index in [2.05, 4.69) is 0 Å². The van der Waals surface area contributed by atoms with Crippen molar-refractivity contribution >= 4 is 11.0 Å². The quantitative estimate of drug-likeness (QED) is 0.348. The number of hydrogen-bond acceptors (Lipinski definition) is 10. The highest BCUT2D eigenvalue weighted by Gasteiger charge is 2.44. The number of rotatable bonds is 4. The molecule has 4 atom stereocenters. The molecule has 10 nitrogen and oxygen atoms in total. The minimum absolute atomic E-state index is 0.0472. The van der Waals surface area contributed by atoms with Crippen molar-refractivity contribution in [3.63, 3.8) is 0 Å². The lowest BCUT2D eigenvalue weighted by molar-refractivity contribution is -0.117. The third-order valence-corrected chi connectivity index (χ3v) is 4.78. The fourth-order valence-electron chi connectivity index (χ4n) is 3.25. The van der Waals surface area contributed by atoms with Crippen molar-refractivity contribution in [1.82, 2.24) is 0 Å². The molecule has 158 valence electrons. The summed E-state index contributed by atoms with van der Waals surface area (Å²) in [5.41, 5.74) is -0.298. The number of aliphatic hydroxyl groups is 3. The molecule has 4 unspecified atom stereocenters. The average molecular weight is 418 g/mol. The summed E-state index contributed by atoms with van der Waals surface area (Å²) >= 11 is 0. The lowest BCUT2D eigenvalue weighted by Gasteiger charge is -2.18. The maximum absolute atomic E-state index is 12.4. The SMILES string of the molecule is O=c1cc(-c2ccc(O)c(OC3OC(CO)C(O)C3O)c2)oc2cc(O)cc(O)c12. The zero-order chi connectivity index (χ0) is 21.6. The number of phenolic OH excluding ortho intramolecular Hbond substituents is 3. The van der Waals surface area contributed by atoms with Gasteiger partial charge in [-0.2, -0.15) is 0 Å². The molecule has 3 aromatic rings. The Kier molecular flexibility index (Phi) is 5.00. The summed E-state index contributed by atoms with van der Waals surface area (Å²) in [6.07, 6.45) is -5.23. The van der Waals surface area contributed by atoms with Crippen LogP contribution in [0.15, 0.2) is 45.6 Å². The molecular formula is C20H18O10. The largest absolute Gasteiger partial charge is 0.508 e. The molecule has 1 saturated heterocycles. The molecule has 6 N–H and O–H groups in total. The molecule has 0 radical (unpaired) electrons. The Morgan fingerprint density at radius 3 is 2.43 bits per heavy atom.